The van der Waals surface area contributed by atoms with Crippen LogP contribution in [0.2, 0.25) is 0 Å². The average Bonchev–Trinajstić information content (AvgIpc) is 1.82. The SMILES string of the molecule is C[C@H]([C@H](O)C(C)(C)C)[SH](=O)=O. The van der Waals surface area contributed by atoms with Crippen LogP contribution in [0.4, 0.5) is 0 Å². The minimum Gasteiger partial charge on any atom is -0.391 e. The second kappa shape index (κ2) is 3.54. The van der Waals surface area contributed by atoms with Crippen LogP contribution >= 0.6 is 0 Å². The van der Waals surface area contributed by atoms with Gasteiger partial charge in [-0.05, 0) is 12.3 Å². The van der Waals surface area contributed by atoms with E-state index in [4.69, 9.17) is 0 Å². The van der Waals surface area contributed by atoms with Gasteiger partial charge in [0.25, 0.3) is 0 Å². The van der Waals surface area contributed by atoms with Gasteiger partial charge in [0.2, 0.25) is 0 Å². The minimum atomic E-state index is -2.52. The van der Waals surface area contributed by atoms with Crippen LogP contribution in [-0.2, 0) is 10.7 Å². The second-order valence-corrected chi connectivity index (χ2v) is 5.22. The molecule has 3 nitrogen and oxygen atoms in total. The predicted molar refractivity (Wildman–Crippen MR) is 45.2 cm³/mol. The molecule has 2 atom stereocenters. The van der Waals surface area contributed by atoms with E-state index in [2.05, 4.69) is 0 Å². The van der Waals surface area contributed by atoms with Gasteiger partial charge in [0.15, 0.2) is 0 Å². The summed E-state index contributed by atoms with van der Waals surface area (Å²) in [6.07, 6.45) is -0.788. The molecule has 0 saturated heterocycles. The molecule has 0 amide bonds. The third kappa shape index (κ3) is 3.20. The first-order chi connectivity index (χ1) is 4.76. The lowest BCUT2D eigenvalue weighted by Gasteiger charge is -2.27. The van der Waals surface area contributed by atoms with E-state index < -0.39 is 22.1 Å². The summed E-state index contributed by atoms with van der Waals surface area (Å²) in [6, 6.07) is 0. The molecule has 68 valence electrons. The van der Waals surface area contributed by atoms with Gasteiger partial charge in [0, 0.05) is 0 Å². The maximum atomic E-state index is 10.5. The Morgan fingerprint density at radius 2 is 1.64 bits per heavy atom. The molecule has 0 rings (SSSR count). The maximum absolute atomic E-state index is 10.5. The lowest BCUT2D eigenvalue weighted by Crippen LogP contribution is -2.36. The molecule has 11 heavy (non-hydrogen) atoms. The number of aliphatic hydroxyl groups is 1. The van der Waals surface area contributed by atoms with Crippen LogP contribution in [0, 0.1) is 5.41 Å². The van der Waals surface area contributed by atoms with Crippen LogP contribution in [0.15, 0.2) is 0 Å². The summed E-state index contributed by atoms with van der Waals surface area (Å²) in [4.78, 5) is 0. The van der Waals surface area contributed by atoms with Gasteiger partial charge in [-0.15, -0.1) is 0 Å². The first-order valence-electron chi connectivity index (χ1n) is 3.58. The Hall–Kier alpha value is -0.0900. The Balaban J connectivity index is 4.37. The Morgan fingerprint density at radius 3 is 1.73 bits per heavy atom. The van der Waals surface area contributed by atoms with Crippen LogP contribution in [0.5, 0.6) is 0 Å². The van der Waals surface area contributed by atoms with Gasteiger partial charge in [0.1, 0.15) is 10.7 Å². The number of hydrogen-bond acceptors (Lipinski definition) is 3. The lowest BCUT2D eigenvalue weighted by atomic mass is 9.87. The fraction of sp³-hybridized carbons (Fsp3) is 1.00. The van der Waals surface area contributed by atoms with Crippen molar-refractivity contribution in [3.63, 3.8) is 0 Å². The molecule has 0 radical (unpaired) electrons. The summed E-state index contributed by atoms with van der Waals surface area (Å²) in [5.74, 6) is 0. The van der Waals surface area contributed by atoms with Gasteiger partial charge in [-0.2, -0.15) is 0 Å². The van der Waals surface area contributed by atoms with E-state index >= 15 is 0 Å². The fourth-order valence-electron chi connectivity index (χ4n) is 0.839. The summed E-state index contributed by atoms with van der Waals surface area (Å²) in [5, 5.41) is 8.78. The Kier molecular flexibility index (Phi) is 3.51. The monoisotopic (exact) mass is 180 g/mol. The van der Waals surface area contributed by atoms with Crippen molar-refractivity contribution in [3.05, 3.63) is 0 Å². The zero-order valence-electron chi connectivity index (χ0n) is 7.37. The second-order valence-electron chi connectivity index (χ2n) is 3.84. The molecule has 0 aliphatic carbocycles. The molecule has 1 N–H and O–H groups in total. The third-order valence-corrected chi connectivity index (χ3v) is 2.62. The van der Waals surface area contributed by atoms with E-state index in [1.54, 1.807) is 0 Å². The molecule has 0 fully saturated rings. The standard InChI is InChI=1S/C7H16O3S/c1-5(11(9)10)6(8)7(2,3)4/h5-6,8,11H,1-4H3/t5-,6+/m1/s1. The largest absolute Gasteiger partial charge is 0.391 e. The Bertz CT molecular complexity index is 182. The molecular formula is C7H16O3S. The highest BCUT2D eigenvalue weighted by molar-refractivity contribution is 7.73. The summed E-state index contributed by atoms with van der Waals surface area (Å²) in [5.41, 5.74) is -0.366. The molecule has 0 aliphatic rings. The highest BCUT2D eigenvalue weighted by atomic mass is 32.2. The molecule has 0 heterocycles. The quantitative estimate of drug-likeness (QED) is 0.605. The molecule has 0 saturated carbocycles. The minimum absolute atomic E-state index is 0.366. The van der Waals surface area contributed by atoms with Crippen molar-refractivity contribution in [3.8, 4) is 0 Å². The van der Waals surface area contributed by atoms with Crippen LogP contribution in [0.1, 0.15) is 27.7 Å². The van der Waals surface area contributed by atoms with Gasteiger partial charge in [-0.25, -0.2) is 8.42 Å². The zero-order chi connectivity index (χ0) is 9.23. The smallest absolute Gasteiger partial charge is 0.145 e. The summed E-state index contributed by atoms with van der Waals surface area (Å²) in [6.45, 7) is 6.95. The van der Waals surface area contributed by atoms with Crippen molar-refractivity contribution in [1.29, 1.82) is 0 Å². The molecule has 0 aliphatic heterocycles. The lowest BCUT2D eigenvalue weighted by molar-refractivity contribution is 0.0634. The number of aliphatic hydroxyl groups excluding tert-OH is 1. The molecule has 0 spiro atoms. The number of rotatable bonds is 2. The molecule has 0 unspecified atom stereocenters. The first kappa shape index (κ1) is 10.9. The average molecular weight is 180 g/mol. The van der Waals surface area contributed by atoms with Crippen molar-refractivity contribution < 1.29 is 13.5 Å². The topological polar surface area (TPSA) is 54.4 Å². The van der Waals surface area contributed by atoms with Crippen molar-refractivity contribution in [2.45, 2.75) is 39.0 Å². The molecule has 0 bridgehead atoms. The highest BCUT2D eigenvalue weighted by Gasteiger charge is 2.29. The van der Waals surface area contributed by atoms with Gasteiger partial charge in [-0.1, -0.05) is 20.8 Å². The maximum Gasteiger partial charge on any atom is 0.145 e. The molecular weight excluding hydrogens is 164 g/mol. The predicted octanol–water partition coefficient (Wildman–Crippen LogP) is 0.393. The number of thiol groups is 1. The molecule has 0 aromatic rings. The van der Waals surface area contributed by atoms with Crippen molar-refractivity contribution >= 4 is 10.7 Å². The van der Waals surface area contributed by atoms with E-state index in [1.807, 2.05) is 20.8 Å². The van der Waals surface area contributed by atoms with E-state index in [1.165, 1.54) is 6.92 Å². The first-order valence-corrected chi connectivity index (χ1v) is 4.83. The molecule has 0 aromatic carbocycles. The van der Waals surface area contributed by atoms with Crippen molar-refractivity contribution in [1.82, 2.24) is 0 Å². The Morgan fingerprint density at radius 1 is 1.27 bits per heavy atom. The highest BCUT2D eigenvalue weighted by Crippen LogP contribution is 2.22. The van der Waals surface area contributed by atoms with Crippen LogP contribution in [0.3, 0.4) is 0 Å². The van der Waals surface area contributed by atoms with E-state index in [0.717, 1.165) is 0 Å². The summed E-state index contributed by atoms with van der Waals surface area (Å²) < 4.78 is 20.9. The zero-order valence-corrected chi connectivity index (χ0v) is 8.26. The number of hydrogen-bond donors (Lipinski definition) is 2. The van der Waals surface area contributed by atoms with Gasteiger partial charge < -0.3 is 5.11 Å². The Labute approximate surface area is 69.4 Å². The van der Waals surface area contributed by atoms with Gasteiger partial charge >= 0.3 is 0 Å². The fourth-order valence-corrected chi connectivity index (χ4v) is 1.52. The molecule has 0 aromatic heterocycles. The summed E-state index contributed by atoms with van der Waals surface area (Å²) >= 11 is 0. The molecule has 4 heteroatoms. The van der Waals surface area contributed by atoms with Crippen molar-refractivity contribution in [2.24, 2.45) is 5.41 Å². The van der Waals surface area contributed by atoms with Gasteiger partial charge in [-0.3, -0.25) is 0 Å². The van der Waals surface area contributed by atoms with E-state index in [-0.39, 0.29) is 5.41 Å². The van der Waals surface area contributed by atoms with E-state index in [9.17, 15) is 13.5 Å². The van der Waals surface area contributed by atoms with Crippen molar-refractivity contribution in [2.75, 3.05) is 0 Å². The van der Waals surface area contributed by atoms with E-state index in [0.29, 0.717) is 0 Å². The third-order valence-electron chi connectivity index (χ3n) is 1.68. The van der Waals surface area contributed by atoms with Crippen LogP contribution in [0.25, 0.3) is 0 Å². The summed E-state index contributed by atoms with van der Waals surface area (Å²) in [7, 11) is -2.52. The normalized spacial score (nSPS) is 18.4. The van der Waals surface area contributed by atoms with Crippen LogP contribution < -0.4 is 0 Å². The van der Waals surface area contributed by atoms with Gasteiger partial charge in [0.05, 0.1) is 11.4 Å². The van der Waals surface area contributed by atoms with Crippen LogP contribution in [-0.4, -0.2) is 24.9 Å².